The van der Waals surface area contributed by atoms with E-state index in [-0.39, 0.29) is 17.2 Å². The molecule has 3 aromatic rings. The van der Waals surface area contributed by atoms with Crippen LogP contribution in [0.5, 0.6) is 0 Å². The van der Waals surface area contributed by atoms with Crippen LogP contribution in [0.2, 0.25) is 5.02 Å². The molecule has 4 aliphatic rings. The van der Waals surface area contributed by atoms with Gasteiger partial charge in [0, 0.05) is 48.6 Å². The number of hydrogen-bond acceptors (Lipinski definition) is 6. The standard InChI is InChI=1S/C26H25ClF4N6O/c27-17-1-3-20-15(7-17)10-35(18-5-6-38-12-18)11-22-33-34-24(37(20)22)16-8-25(9-16)13-36(14-25)21-4-2-19(28)23(32-21)26(29,30)31/h1-4,7,16,18H,5-6,8-14H2/t18-/m1/s1. The lowest BCUT2D eigenvalue weighted by atomic mass is 9.57. The zero-order valence-electron chi connectivity index (χ0n) is 20.4. The van der Waals surface area contributed by atoms with Gasteiger partial charge in [-0.2, -0.15) is 13.2 Å². The highest BCUT2D eigenvalue weighted by molar-refractivity contribution is 6.30. The number of pyridine rings is 1. The number of alkyl halides is 3. The van der Waals surface area contributed by atoms with Gasteiger partial charge in [-0.25, -0.2) is 9.37 Å². The fourth-order valence-electron chi connectivity index (χ4n) is 6.54. The number of aromatic nitrogens is 4. The number of anilines is 1. The zero-order valence-corrected chi connectivity index (χ0v) is 21.1. The van der Waals surface area contributed by atoms with Crippen LogP contribution < -0.4 is 4.90 Å². The number of hydrogen-bond donors (Lipinski definition) is 0. The third-order valence-electron chi connectivity index (χ3n) is 8.38. The van der Waals surface area contributed by atoms with E-state index in [2.05, 4.69) is 24.6 Å². The summed E-state index contributed by atoms with van der Waals surface area (Å²) in [4.78, 5) is 7.74. The molecule has 1 spiro atoms. The number of nitrogens with zero attached hydrogens (tertiary/aromatic N) is 6. The summed E-state index contributed by atoms with van der Waals surface area (Å²) in [5, 5.41) is 9.90. The maximum absolute atomic E-state index is 13.7. The average Bonchev–Trinajstić information content (AvgIpc) is 3.45. The summed E-state index contributed by atoms with van der Waals surface area (Å²) in [5.74, 6) is 0.796. The number of rotatable bonds is 3. The van der Waals surface area contributed by atoms with Crippen molar-refractivity contribution in [2.24, 2.45) is 5.41 Å². The van der Waals surface area contributed by atoms with Crippen molar-refractivity contribution in [2.45, 2.75) is 50.5 Å². The largest absolute Gasteiger partial charge is 0.436 e. The van der Waals surface area contributed by atoms with Gasteiger partial charge < -0.3 is 9.64 Å². The van der Waals surface area contributed by atoms with Gasteiger partial charge >= 0.3 is 6.18 Å². The van der Waals surface area contributed by atoms with Crippen LogP contribution in [0.1, 0.15) is 48.1 Å². The second-order valence-corrected chi connectivity index (χ2v) is 11.4. The minimum Gasteiger partial charge on any atom is -0.380 e. The Kier molecular flexibility index (Phi) is 5.51. The Morgan fingerprint density at radius 2 is 1.87 bits per heavy atom. The Morgan fingerprint density at radius 1 is 1.05 bits per heavy atom. The molecule has 1 saturated carbocycles. The molecule has 0 radical (unpaired) electrons. The zero-order chi connectivity index (χ0) is 26.2. The minimum absolute atomic E-state index is 0.00764. The van der Waals surface area contributed by atoms with Crippen molar-refractivity contribution in [3.8, 4) is 5.69 Å². The van der Waals surface area contributed by atoms with Crippen LogP contribution in [0, 0.1) is 11.2 Å². The molecule has 12 heteroatoms. The first-order valence-electron chi connectivity index (χ1n) is 12.7. The molecule has 5 heterocycles. The SMILES string of the molecule is Fc1ccc(N2CC3(CC(c4nnc5n4-c4ccc(Cl)cc4CN([C@@H]4CCOC4)C5)C3)C2)nc1C(F)(F)F. The van der Waals surface area contributed by atoms with E-state index >= 15 is 0 Å². The van der Waals surface area contributed by atoms with Crippen LogP contribution in [0.25, 0.3) is 5.69 Å². The molecule has 7 nitrogen and oxygen atoms in total. The van der Waals surface area contributed by atoms with Crippen molar-refractivity contribution in [1.29, 1.82) is 0 Å². The Bertz CT molecular complexity index is 1390. The van der Waals surface area contributed by atoms with Crippen LogP contribution in [-0.2, 0) is 24.0 Å². The highest BCUT2D eigenvalue weighted by atomic mass is 35.5. The van der Waals surface area contributed by atoms with Crippen molar-refractivity contribution < 1.29 is 22.3 Å². The van der Waals surface area contributed by atoms with E-state index in [1.807, 2.05) is 18.2 Å². The number of ether oxygens (including phenoxy) is 1. The molecule has 3 aliphatic heterocycles. The van der Waals surface area contributed by atoms with E-state index in [9.17, 15) is 17.6 Å². The van der Waals surface area contributed by atoms with Gasteiger partial charge in [0.1, 0.15) is 11.6 Å². The molecule has 2 saturated heterocycles. The second-order valence-electron chi connectivity index (χ2n) is 11.0. The van der Waals surface area contributed by atoms with Gasteiger partial charge in [-0.1, -0.05) is 11.6 Å². The van der Waals surface area contributed by atoms with Crippen molar-refractivity contribution in [3.63, 3.8) is 0 Å². The summed E-state index contributed by atoms with van der Waals surface area (Å²) < 4.78 is 60.8. The Morgan fingerprint density at radius 3 is 2.61 bits per heavy atom. The van der Waals surface area contributed by atoms with E-state index in [0.29, 0.717) is 37.3 Å². The van der Waals surface area contributed by atoms with Crippen LogP contribution in [0.4, 0.5) is 23.4 Å². The molecule has 0 bridgehead atoms. The van der Waals surface area contributed by atoms with Crippen LogP contribution in [0.3, 0.4) is 0 Å². The van der Waals surface area contributed by atoms with E-state index in [1.54, 1.807) is 4.90 Å². The summed E-state index contributed by atoms with van der Waals surface area (Å²) >= 11 is 6.37. The maximum Gasteiger partial charge on any atom is 0.436 e. The topological polar surface area (TPSA) is 59.3 Å². The monoisotopic (exact) mass is 548 g/mol. The third-order valence-corrected chi connectivity index (χ3v) is 8.61. The summed E-state index contributed by atoms with van der Waals surface area (Å²) in [5.41, 5.74) is 0.686. The lowest BCUT2D eigenvalue weighted by Crippen LogP contribution is -2.62. The summed E-state index contributed by atoms with van der Waals surface area (Å²) in [7, 11) is 0. The van der Waals surface area contributed by atoms with Crippen molar-refractivity contribution in [1.82, 2.24) is 24.6 Å². The van der Waals surface area contributed by atoms with Gasteiger partial charge in [0.05, 0.1) is 18.8 Å². The van der Waals surface area contributed by atoms with Crippen molar-refractivity contribution in [3.05, 3.63) is 64.1 Å². The molecular weight excluding hydrogens is 524 g/mol. The first-order valence-corrected chi connectivity index (χ1v) is 13.1. The molecule has 1 atom stereocenters. The molecule has 2 aromatic heterocycles. The van der Waals surface area contributed by atoms with Gasteiger partial charge in [0.25, 0.3) is 0 Å². The highest BCUT2D eigenvalue weighted by Gasteiger charge is 2.54. The molecule has 0 unspecified atom stereocenters. The molecule has 38 heavy (non-hydrogen) atoms. The second kappa shape index (κ2) is 8.62. The predicted octanol–water partition coefficient (Wildman–Crippen LogP) is 4.96. The molecule has 200 valence electrons. The fraction of sp³-hybridized carbons (Fsp3) is 0.500. The average molecular weight is 549 g/mol. The number of benzene rings is 1. The molecule has 7 rings (SSSR count). The number of halogens is 5. The highest BCUT2D eigenvalue weighted by Crippen LogP contribution is 2.56. The summed E-state index contributed by atoms with van der Waals surface area (Å²) in [6, 6.07) is 8.40. The molecule has 3 fully saturated rings. The van der Waals surface area contributed by atoms with Gasteiger partial charge in [-0.3, -0.25) is 9.47 Å². The quantitative estimate of drug-likeness (QED) is 0.431. The van der Waals surface area contributed by atoms with Gasteiger partial charge in [0.15, 0.2) is 17.3 Å². The normalized spacial score (nSPS) is 23.1. The molecule has 1 aliphatic carbocycles. The molecule has 1 aromatic carbocycles. The Hall–Kier alpha value is -2.76. The maximum atomic E-state index is 13.7. The number of fused-ring (bicyclic) bond motifs is 3. The van der Waals surface area contributed by atoms with E-state index < -0.39 is 17.7 Å². The fourth-order valence-corrected chi connectivity index (χ4v) is 6.74. The van der Waals surface area contributed by atoms with E-state index in [1.165, 1.54) is 6.07 Å². The third kappa shape index (κ3) is 3.97. The first-order chi connectivity index (χ1) is 18.2. The van der Waals surface area contributed by atoms with Gasteiger partial charge in [0.2, 0.25) is 0 Å². The van der Waals surface area contributed by atoms with Gasteiger partial charge in [-0.05, 0) is 55.2 Å². The lowest BCUT2D eigenvalue weighted by Gasteiger charge is -2.59. The van der Waals surface area contributed by atoms with Crippen LogP contribution in [-0.4, -0.2) is 57.0 Å². The smallest absolute Gasteiger partial charge is 0.380 e. The first kappa shape index (κ1) is 24.3. The van der Waals surface area contributed by atoms with Crippen LogP contribution >= 0.6 is 11.6 Å². The molecule has 0 amide bonds. The molecule has 0 N–H and O–H groups in total. The Labute approximate surface area is 221 Å². The van der Waals surface area contributed by atoms with Crippen molar-refractivity contribution >= 4 is 17.4 Å². The summed E-state index contributed by atoms with van der Waals surface area (Å²) in [6.45, 7) is 4.04. The van der Waals surface area contributed by atoms with Crippen molar-refractivity contribution in [2.75, 3.05) is 31.2 Å². The van der Waals surface area contributed by atoms with E-state index in [4.69, 9.17) is 16.3 Å². The van der Waals surface area contributed by atoms with Crippen LogP contribution in [0.15, 0.2) is 30.3 Å². The minimum atomic E-state index is -4.82. The summed E-state index contributed by atoms with van der Waals surface area (Å²) in [6.07, 6.45) is -2.13. The Balaban J connectivity index is 1.11. The van der Waals surface area contributed by atoms with E-state index in [0.717, 1.165) is 61.4 Å². The van der Waals surface area contributed by atoms with Gasteiger partial charge in [-0.15, -0.1) is 10.2 Å². The lowest BCUT2D eigenvalue weighted by molar-refractivity contribution is -0.143. The molecular formula is C26H25ClF4N6O. The predicted molar refractivity (Wildman–Crippen MR) is 131 cm³/mol.